The maximum atomic E-state index is 12.3. The van der Waals surface area contributed by atoms with E-state index in [0.717, 1.165) is 18.4 Å². The van der Waals surface area contributed by atoms with Gasteiger partial charge in [-0.3, -0.25) is 9.59 Å². The summed E-state index contributed by atoms with van der Waals surface area (Å²) in [6.45, 7) is 1.74. The molecule has 1 fully saturated rings. The van der Waals surface area contributed by atoms with E-state index in [1.165, 1.54) is 5.56 Å². The topological polar surface area (TPSA) is 49.4 Å². The molecule has 0 unspecified atom stereocenters. The normalized spacial score (nSPS) is 16.9. The van der Waals surface area contributed by atoms with Gasteiger partial charge >= 0.3 is 0 Å². The number of rotatable bonds is 7. The zero-order valence-corrected chi connectivity index (χ0v) is 14.4. The van der Waals surface area contributed by atoms with E-state index in [-0.39, 0.29) is 17.7 Å². The first-order valence-corrected chi connectivity index (χ1v) is 8.86. The third-order valence-electron chi connectivity index (χ3n) is 4.59. The molecule has 25 heavy (non-hydrogen) atoms. The van der Waals surface area contributed by atoms with Crippen LogP contribution in [-0.2, 0) is 22.6 Å². The van der Waals surface area contributed by atoms with Crippen molar-refractivity contribution in [2.24, 2.45) is 5.92 Å². The number of hydrogen-bond acceptors (Lipinski definition) is 2. The molecule has 0 saturated carbocycles. The van der Waals surface area contributed by atoms with Crippen LogP contribution in [0.15, 0.2) is 60.7 Å². The summed E-state index contributed by atoms with van der Waals surface area (Å²) in [6.07, 6.45) is 2.17. The number of hydrogen-bond donors (Lipinski definition) is 1. The molecule has 2 amide bonds. The predicted octanol–water partition coefficient (Wildman–Crippen LogP) is 2.78. The van der Waals surface area contributed by atoms with E-state index in [1.54, 1.807) is 4.90 Å². The fourth-order valence-electron chi connectivity index (χ4n) is 3.20. The third kappa shape index (κ3) is 4.92. The number of nitrogens with zero attached hydrogens (tertiary/aromatic N) is 1. The van der Waals surface area contributed by atoms with Gasteiger partial charge in [0, 0.05) is 26.1 Å². The van der Waals surface area contributed by atoms with E-state index < -0.39 is 0 Å². The summed E-state index contributed by atoms with van der Waals surface area (Å²) in [5.74, 6) is -0.168. The Morgan fingerprint density at radius 2 is 1.64 bits per heavy atom. The lowest BCUT2D eigenvalue weighted by Gasteiger charge is -2.16. The summed E-state index contributed by atoms with van der Waals surface area (Å²) in [5.41, 5.74) is 2.38. The van der Waals surface area contributed by atoms with Gasteiger partial charge in [-0.25, -0.2) is 0 Å². The Balaban J connectivity index is 1.41. The van der Waals surface area contributed by atoms with Crippen molar-refractivity contribution < 1.29 is 9.59 Å². The largest absolute Gasteiger partial charge is 0.356 e. The molecule has 0 spiro atoms. The van der Waals surface area contributed by atoms with Crippen LogP contribution in [0.1, 0.15) is 24.0 Å². The van der Waals surface area contributed by atoms with Gasteiger partial charge in [0.05, 0.1) is 5.92 Å². The van der Waals surface area contributed by atoms with Crippen LogP contribution < -0.4 is 5.32 Å². The molecule has 1 saturated heterocycles. The molecule has 1 N–H and O–H groups in total. The zero-order valence-electron chi connectivity index (χ0n) is 14.4. The van der Waals surface area contributed by atoms with Crippen LogP contribution in [0.5, 0.6) is 0 Å². The summed E-state index contributed by atoms with van der Waals surface area (Å²) >= 11 is 0. The van der Waals surface area contributed by atoms with E-state index in [0.29, 0.717) is 26.1 Å². The molecule has 4 nitrogen and oxygen atoms in total. The fourth-order valence-corrected chi connectivity index (χ4v) is 3.20. The standard InChI is InChI=1S/C21H24N2O2/c24-20-14-19(16-23(20)15-18-10-5-2-6-11-18)21(25)22-13-7-12-17-8-3-1-4-9-17/h1-6,8-11,19H,7,12-16H2,(H,22,25)/t19-/m0/s1. The molecule has 130 valence electrons. The quantitative estimate of drug-likeness (QED) is 0.791. The second kappa shape index (κ2) is 8.47. The minimum absolute atomic E-state index is 0.00280. The Morgan fingerprint density at radius 1 is 1.00 bits per heavy atom. The Labute approximate surface area is 148 Å². The van der Waals surface area contributed by atoms with E-state index in [9.17, 15) is 9.59 Å². The number of likely N-dealkylation sites (tertiary alicyclic amines) is 1. The van der Waals surface area contributed by atoms with Gasteiger partial charge in [-0.2, -0.15) is 0 Å². The molecule has 0 radical (unpaired) electrons. The average Bonchev–Trinajstić information content (AvgIpc) is 3.01. The van der Waals surface area contributed by atoms with Crippen LogP contribution in [0.4, 0.5) is 0 Å². The number of aryl methyl sites for hydroxylation is 1. The highest BCUT2D eigenvalue weighted by Gasteiger charge is 2.33. The van der Waals surface area contributed by atoms with Gasteiger partial charge < -0.3 is 10.2 Å². The van der Waals surface area contributed by atoms with Crippen molar-refractivity contribution in [1.82, 2.24) is 10.2 Å². The maximum Gasteiger partial charge on any atom is 0.225 e. The highest BCUT2D eigenvalue weighted by atomic mass is 16.2. The van der Waals surface area contributed by atoms with Gasteiger partial charge in [0.25, 0.3) is 0 Å². The Hall–Kier alpha value is -2.62. The van der Waals surface area contributed by atoms with Crippen LogP contribution in [0.2, 0.25) is 0 Å². The molecule has 0 bridgehead atoms. The lowest BCUT2D eigenvalue weighted by atomic mass is 10.1. The smallest absolute Gasteiger partial charge is 0.225 e. The summed E-state index contributed by atoms with van der Waals surface area (Å²) in [5, 5.41) is 2.98. The minimum Gasteiger partial charge on any atom is -0.356 e. The second-order valence-corrected chi connectivity index (χ2v) is 6.54. The second-order valence-electron chi connectivity index (χ2n) is 6.54. The molecular weight excluding hydrogens is 312 g/mol. The van der Waals surface area contributed by atoms with Crippen molar-refractivity contribution in [2.75, 3.05) is 13.1 Å². The molecule has 1 aliphatic heterocycles. The van der Waals surface area contributed by atoms with Crippen molar-refractivity contribution in [3.05, 3.63) is 71.8 Å². The van der Waals surface area contributed by atoms with E-state index >= 15 is 0 Å². The Bertz CT molecular complexity index is 700. The summed E-state index contributed by atoms with van der Waals surface area (Å²) in [4.78, 5) is 26.2. The zero-order chi connectivity index (χ0) is 17.5. The number of benzene rings is 2. The van der Waals surface area contributed by atoms with Gasteiger partial charge in [-0.1, -0.05) is 60.7 Å². The number of amides is 2. The molecule has 3 rings (SSSR count). The lowest BCUT2D eigenvalue weighted by molar-refractivity contribution is -0.129. The molecule has 1 atom stereocenters. The highest BCUT2D eigenvalue weighted by molar-refractivity contribution is 5.89. The minimum atomic E-state index is -0.229. The van der Waals surface area contributed by atoms with E-state index in [2.05, 4.69) is 17.4 Å². The van der Waals surface area contributed by atoms with Gasteiger partial charge in [0.2, 0.25) is 11.8 Å². The van der Waals surface area contributed by atoms with E-state index in [4.69, 9.17) is 0 Å². The average molecular weight is 336 g/mol. The molecule has 2 aromatic carbocycles. The fraction of sp³-hybridized carbons (Fsp3) is 0.333. The van der Waals surface area contributed by atoms with Crippen LogP contribution in [-0.4, -0.2) is 29.8 Å². The van der Waals surface area contributed by atoms with Crippen molar-refractivity contribution in [3.8, 4) is 0 Å². The van der Waals surface area contributed by atoms with Gasteiger partial charge in [0.15, 0.2) is 0 Å². The molecule has 0 aliphatic carbocycles. The first-order valence-electron chi connectivity index (χ1n) is 8.86. The predicted molar refractivity (Wildman–Crippen MR) is 97.7 cm³/mol. The summed E-state index contributed by atoms with van der Waals surface area (Å²) in [7, 11) is 0. The monoisotopic (exact) mass is 336 g/mol. The number of carbonyl (C=O) groups excluding carboxylic acids is 2. The molecular formula is C21H24N2O2. The van der Waals surface area contributed by atoms with Crippen LogP contribution >= 0.6 is 0 Å². The Kier molecular flexibility index (Phi) is 5.83. The number of carbonyl (C=O) groups is 2. The third-order valence-corrected chi connectivity index (χ3v) is 4.59. The molecule has 2 aromatic rings. The SMILES string of the molecule is O=C(NCCCc1ccccc1)[C@H]1CC(=O)N(Cc2ccccc2)C1. The molecule has 1 heterocycles. The van der Waals surface area contributed by atoms with Gasteiger partial charge in [-0.05, 0) is 24.0 Å². The highest BCUT2D eigenvalue weighted by Crippen LogP contribution is 2.20. The van der Waals surface area contributed by atoms with Crippen LogP contribution in [0.25, 0.3) is 0 Å². The van der Waals surface area contributed by atoms with Gasteiger partial charge in [-0.15, -0.1) is 0 Å². The van der Waals surface area contributed by atoms with Gasteiger partial charge in [0.1, 0.15) is 0 Å². The van der Waals surface area contributed by atoms with Crippen molar-refractivity contribution in [1.29, 1.82) is 0 Å². The summed E-state index contributed by atoms with van der Waals surface area (Å²) in [6, 6.07) is 20.1. The van der Waals surface area contributed by atoms with Crippen molar-refractivity contribution in [2.45, 2.75) is 25.8 Å². The van der Waals surface area contributed by atoms with Crippen molar-refractivity contribution >= 4 is 11.8 Å². The van der Waals surface area contributed by atoms with Crippen molar-refractivity contribution in [3.63, 3.8) is 0 Å². The number of nitrogens with one attached hydrogen (secondary N) is 1. The molecule has 4 heteroatoms. The Morgan fingerprint density at radius 3 is 2.32 bits per heavy atom. The lowest BCUT2D eigenvalue weighted by Crippen LogP contribution is -2.33. The first kappa shape index (κ1) is 17.2. The maximum absolute atomic E-state index is 12.3. The first-order chi connectivity index (χ1) is 12.2. The van der Waals surface area contributed by atoms with E-state index in [1.807, 2.05) is 48.5 Å². The molecule has 0 aromatic heterocycles. The van der Waals surface area contributed by atoms with Crippen LogP contribution in [0, 0.1) is 5.92 Å². The van der Waals surface area contributed by atoms with Crippen LogP contribution in [0.3, 0.4) is 0 Å². The summed E-state index contributed by atoms with van der Waals surface area (Å²) < 4.78 is 0. The molecule has 1 aliphatic rings.